The summed E-state index contributed by atoms with van der Waals surface area (Å²) >= 11 is 0. The first-order valence-electron chi connectivity index (χ1n) is 5.79. The van der Waals surface area contributed by atoms with Crippen LogP contribution in [0.5, 0.6) is 0 Å². The average Bonchev–Trinajstić information content (AvgIpc) is 2.34. The Bertz CT molecular complexity index is 369. The summed E-state index contributed by atoms with van der Waals surface area (Å²) in [6.45, 7) is 3.44. The molecule has 0 saturated carbocycles. The number of benzene rings is 1. The first-order valence-corrected chi connectivity index (χ1v) is 5.79. The highest BCUT2D eigenvalue weighted by Gasteiger charge is 2.10. The maximum atomic E-state index is 10.7. The molecule has 1 aromatic rings. The molecule has 0 aliphatic carbocycles. The van der Waals surface area contributed by atoms with E-state index in [0.717, 1.165) is 25.1 Å². The number of nitro benzene ring substituents is 1. The van der Waals surface area contributed by atoms with Crippen LogP contribution in [0, 0.1) is 10.1 Å². The number of aliphatic hydroxyl groups is 1. The minimum atomic E-state index is -0.402. The molecule has 0 bridgehead atoms. The van der Waals surface area contributed by atoms with Crippen LogP contribution < -0.4 is 4.90 Å². The number of nitro groups is 1. The van der Waals surface area contributed by atoms with Gasteiger partial charge in [-0.05, 0) is 12.5 Å². The highest BCUT2D eigenvalue weighted by Crippen LogP contribution is 2.21. The van der Waals surface area contributed by atoms with E-state index >= 15 is 0 Å². The quantitative estimate of drug-likeness (QED) is 0.584. The van der Waals surface area contributed by atoms with Crippen LogP contribution in [0.2, 0.25) is 0 Å². The highest BCUT2D eigenvalue weighted by molar-refractivity contribution is 5.53. The van der Waals surface area contributed by atoms with E-state index in [2.05, 4.69) is 6.92 Å². The molecule has 17 heavy (non-hydrogen) atoms. The number of nitrogens with zero attached hydrogens (tertiary/aromatic N) is 2. The van der Waals surface area contributed by atoms with E-state index in [1.54, 1.807) is 12.1 Å². The molecule has 94 valence electrons. The molecule has 0 aliphatic heterocycles. The summed E-state index contributed by atoms with van der Waals surface area (Å²) in [6, 6.07) is 6.52. The number of unbranched alkanes of at least 4 members (excludes halogenated alkanes) is 1. The topological polar surface area (TPSA) is 66.6 Å². The Labute approximate surface area is 101 Å². The summed E-state index contributed by atoms with van der Waals surface area (Å²) in [6.07, 6.45) is 2.06. The number of hydrogen-bond donors (Lipinski definition) is 1. The van der Waals surface area contributed by atoms with Crippen LogP contribution in [0.4, 0.5) is 11.4 Å². The van der Waals surface area contributed by atoms with Gasteiger partial charge in [0, 0.05) is 30.9 Å². The SMILES string of the molecule is CCCCN(CCO)c1cccc([N+](=O)[O-])c1. The first-order chi connectivity index (χ1) is 8.19. The van der Waals surface area contributed by atoms with Gasteiger partial charge in [0.2, 0.25) is 0 Å². The molecule has 0 fully saturated rings. The summed E-state index contributed by atoms with van der Waals surface area (Å²) in [5, 5.41) is 19.7. The van der Waals surface area contributed by atoms with E-state index in [0.29, 0.717) is 6.54 Å². The second kappa shape index (κ2) is 6.85. The van der Waals surface area contributed by atoms with Gasteiger partial charge in [0.05, 0.1) is 11.5 Å². The summed E-state index contributed by atoms with van der Waals surface area (Å²) in [5.74, 6) is 0. The monoisotopic (exact) mass is 238 g/mol. The molecular weight excluding hydrogens is 220 g/mol. The van der Waals surface area contributed by atoms with E-state index < -0.39 is 4.92 Å². The molecule has 0 heterocycles. The molecule has 5 heteroatoms. The van der Waals surface area contributed by atoms with Crippen molar-refractivity contribution < 1.29 is 10.0 Å². The number of anilines is 1. The third kappa shape index (κ3) is 4.03. The molecule has 0 amide bonds. The maximum Gasteiger partial charge on any atom is 0.271 e. The van der Waals surface area contributed by atoms with Crippen LogP contribution in [0.25, 0.3) is 0 Å². The third-order valence-corrected chi connectivity index (χ3v) is 2.56. The molecule has 0 aliphatic rings. The lowest BCUT2D eigenvalue weighted by atomic mass is 10.2. The Morgan fingerprint density at radius 2 is 2.18 bits per heavy atom. The number of non-ortho nitro benzene ring substituents is 1. The van der Waals surface area contributed by atoms with Crippen molar-refractivity contribution >= 4 is 11.4 Å². The zero-order valence-electron chi connectivity index (χ0n) is 10.0. The average molecular weight is 238 g/mol. The van der Waals surface area contributed by atoms with Crippen molar-refractivity contribution in [2.45, 2.75) is 19.8 Å². The van der Waals surface area contributed by atoms with Crippen molar-refractivity contribution in [1.29, 1.82) is 0 Å². The third-order valence-electron chi connectivity index (χ3n) is 2.56. The lowest BCUT2D eigenvalue weighted by molar-refractivity contribution is -0.384. The van der Waals surface area contributed by atoms with Crippen LogP contribution in [0.1, 0.15) is 19.8 Å². The van der Waals surface area contributed by atoms with E-state index in [1.165, 1.54) is 6.07 Å². The van der Waals surface area contributed by atoms with E-state index in [-0.39, 0.29) is 12.3 Å². The predicted octanol–water partition coefficient (Wildman–Crippen LogP) is 2.19. The lowest BCUT2D eigenvalue weighted by Gasteiger charge is -2.23. The van der Waals surface area contributed by atoms with Crippen molar-refractivity contribution in [3.8, 4) is 0 Å². The van der Waals surface area contributed by atoms with Crippen LogP contribution >= 0.6 is 0 Å². The Kier molecular flexibility index (Phi) is 5.42. The summed E-state index contributed by atoms with van der Waals surface area (Å²) in [5.41, 5.74) is 0.878. The fraction of sp³-hybridized carbons (Fsp3) is 0.500. The maximum absolute atomic E-state index is 10.7. The van der Waals surface area contributed by atoms with Gasteiger partial charge in [-0.2, -0.15) is 0 Å². The smallest absolute Gasteiger partial charge is 0.271 e. The highest BCUT2D eigenvalue weighted by atomic mass is 16.6. The fourth-order valence-corrected chi connectivity index (χ4v) is 1.64. The molecule has 1 aromatic carbocycles. The number of aliphatic hydroxyl groups excluding tert-OH is 1. The largest absolute Gasteiger partial charge is 0.395 e. The Morgan fingerprint density at radius 1 is 1.41 bits per heavy atom. The second-order valence-corrected chi connectivity index (χ2v) is 3.84. The van der Waals surface area contributed by atoms with Crippen molar-refractivity contribution in [2.75, 3.05) is 24.6 Å². The molecule has 0 unspecified atom stereocenters. The zero-order chi connectivity index (χ0) is 12.7. The predicted molar refractivity (Wildman–Crippen MR) is 67.3 cm³/mol. The zero-order valence-corrected chi connectivity index (χ0v) is 10.0. The van der Waals surface area contributed by atoms with Gasteiger partial charge in [0.1, 0.15) is 0 Å². The molecule has 1 N–H and O–H groups in total. The molecule has 0 radical (unpaired) electrons. The standard InChI is InChI=1S/C12H18N2O3/c1-2-3-7-13(8-9-15)11-5-4-6-12(10-11)14(16)17/h4-6,10,15H,2-3,7-9H2,1H3. The van der Waals surface area contributed by atoms with E-state index in [4.69, 9.17) is 5.11 Å². The van der Waals surface area contributed by atoms with Gasteiger partial charge < -0.3 is 10.0 Å². The summed E-state index contributed by atoms with van der Waals surface area (Å²) in [7, 11) is 0. The van der Waals surface area contributed by atoms with Gasteiger partial charge in [0.15, 0.2) is 0 Å². The Morgan fingerprint density at radius 3 is 2.76 bits per heavy atom. The lowest BCUT2D eigenvalue weighted by Crippen LogP contribution is -2.27. The Balaban J connectivity index is 2.84. The number of rotatable bonds is 7. The first kappa shape index (κ1) is 13.4. The summed E-state index contributed by atoms with van der Waals surface area (Å²) < 4.78 is 0. The fourth-order valence-electron chi connectivity index (χ4n) is 1.64. The van der Waals surface area contributed by atoms with Gasteiger partial charge in [-0.25, -0.2) is 0 Å². The minimum absolute atomic E-state index is 0.0480. The van der Waals surface area contributed by atoms with Crippen LogP contribution in [0.15, 0.2) is 24.3 Å². The van der Waals surface area contributed by atoms with E-state index in [1.807, 2.05) is 11.0 Å². The molecule has 0 aromatic heterocycles. The normalized spacial score (nSPS) is 10.2. The molecule has 0 spiro atoms. The van der Waals surface area contributed by atoms with Crippen molar-refractivity contribution in [3.05, 3.63) is 34.4 Å². The minimum Gasteiger partial charge on any atom is -0.395 e. The molecule has 0 saturated heterocycles. The second-order valence-electron chi connectivity index (χ2n) is 3.84. The van der Waals surface area contributed by atoms with Gasteiger partial charge in [0.25, 0.3) is 5.69 Å². The van der Waals surface area contributed by atoms with Crippen LogP contribution in [-0.2, 0) is 0 Å². The van der Waals surface area contributed by atoms with Gasteiger partial charge in [-0.1, -0.05) is 19.4 Å². The van der Waals surface area contributed by atoms with Crippen molar-refractivity contribution in [2.24, 2.45) is 0 Å². The Hall–Kier alpha value is -1.62. The van der Waals surface area contributed by atoms with Crippen molar-refractivity contribution in [1.82, 2.24) is 0 Å². The molecule has 5 nitrogen and oxygen atoms in total. The van der Waals surface area contributed by atoms with Gasteiger partial charge in [-0.15, -0.1) is 0 Å². The number of hydrogen-bond acceptors (Lipinski definition) is 4. The van der Waals surface area contributed by atoms with Crippen LogP contribution in [0.3, 0.4) is 0 Å². The molecular formula is C12H18N2O3. The van der Waals surface area contributed by atoms with Gasteiger partial charge in [-0.3, -0.25) is 10.1 Å². The molecule has 0 atom stereocenters. The summed E-state index contributed by atoms with van der Waals surface area (Å²) in [4.78, 5) is 12.3. The van der Waals surface area contributed by atoms with Crippen LogP contribution in [-0.4, -0.2) is 29.7 Å². The van der Waals surface area contributed by atoms with Crippen molar-refractivity contribution in [3.63, 3.8) is 0 Å². The molecule has 1 rings (SSSR count). The van der Waals surface area contributed by atoms with Gasteiger partial charge >= 0.3 is 0 Å². The van der Waals surface area contributed by atoms with E-state index in [9.17, 15) is 10.1 Å².